The Morgan fingerprint density at radius 1 is 1.17 bits per heavy atom. The summed E-state index contributed by atoms with van der Waals surface area (Å²) >= 11 is 0. The van der Waals surface area contributed by atoms with Gasteiger partial charge in [-0.2, -0.15) is 0 Å². The molecule has 3 saturated carbocycles. The third-order valence-corrected chi connectivity index (χ3v) is 10.5. The first-order valence-corrected chi connectivity index (χ1v) is 12.9. The molecule has 9 atom stereocenters. The van der Waals surface area contributed by atoms with Gasteiger partial charge in [-0.15, -0.1) is 0 Å². The van der Waals surface area contributed by atoms with Gasteiger partial charge in [-0.25, -0.2) is 0 Å². The van der Waals surface area contributed by atoms with Crippen LogP contribution in [0.25, 0.3) is 0 Å². The molecule has 1 nitrogen and oxygen atoms in total. The van der Waals surface area contributed by atoms with Crippen LogP contribution < -0.4 is 0 Å². The summed E-state index contributed by atoms with van der Waals surface area (Å²) in [6, 6.07) is 0. The van der Waals surface area contributed by atoms with Gasteiger partial charge in [0.05, 0.1) is 6.10 Å². The van der Waals surface area contributed by atoms with Crippen LogP contribution in [0.2, 0.25) is 0 Å². The monoisotopic (exact) mass is 410 g/mol. The van der Waals surface area contributed by atoms with Crippen molar-refractivity contribution in [2.45, 2.75) is 98.5 Å². The van der Waals surface area contributed by atoms with Gasteiger partial charge in [-0.05, 0) is 111 Å². The van der Waals surface area contributed by atoms with Crippen molar-refractivity contribution in [2.75, 3.05) is 0 Å². The highest BCUT2D eigenvalue weighted by Gasteiger charge is 2.58. The maximum atomic E-state index is 10.2. The average Bonchev–Trinajstić information content (AvgIpc) is 3.06. The van der Waals surface area contributed by atoms with Crippen LogP contribution in [-0.4, -0.2) is 11.2 Å². The summed E-state index contributed by atoms with van der Waals surface area (Å²) in [6.07, 6.45) is 18.7. The zero-order valence-corrected chi connectivity index (χ0v) is 20.3. The topological polar surface area (TPSA) is 20.2 Å². The van der Waals surface area contributed by atoms with Gasteiger partial charge in [0, 0.05) is 0 Å². The average molecular weight is 411 g/mol. The van der Waals surface area contributed by atoms with Crippen LogP contribution in [0, 0.1) is 46.3 Å². The Kier molecular flexibility index (Phi) is 6.17. The predicted molar refractivity (Wildman–Crippen MR) is 128 cm³/mol. The molecule has 0 saturated heterocycles. The zero-order chi connectivity index (χ0) is 21.7. The van der Waals surface area contributed by atoms with Crippen molar-refractivity contribution in [1.29, 1.82) is 0 Å². The van der Waals surface area contributed by atoms with Crippen LogP contribution >= 0.6 is 0 Å². The third kappa shape index (κ3) is 3.58. The first-order chi connectivity index (χ1) is 14.2. The van der Waals surface area contributed by atoms with Crippen LogP contribution in [0.3, 0.4) is 0 Å². The molecule has 0 amide bonds. The third-order valence-electron chi connectivity index (χ3n) is 10.5. The summed E-state index contributed by atoms with van der Waals surface area (Å²) in [5, 5.41) is 10.2. The molecule has 1 N–H and O–H groups in total. The van der Waals surface area contributed by atoms with Crippen LogP contribution in [0.15, 0.2) is 36.0 Å². The van der Waals surface area contributed by atoms with E-state index in [4.69, 9.17) is 0 Å². The second-order valence-corrected chi connectivity index (χ2v) is 12.0. The first-order valence-electron chi connectivity index (χ1n) is 12.9. The maximum Gasteiger partial charge on any atom is 0.0577 e. The Balaban J connectivity index is 1.53. The number of hydrogen-bond acceptors (Lipinski definition) is 1. The van der Waals surface area contributed by atoms with E-state index in [9.17, 15) is 5.11 Å². The molecule has 168 valence electrons. The van der Waals surface area contributed by atoms with Crippen molar-refractivity contribution in [1.82, 2.24) is 0 Å². The molecule has 30 heavy (non-hydrogen) atoms. The highest BCUT2D eigenvalue weighted by atomic mass is 16.3. The van der Waals surface area contributed by atoms with E-state index in [1.807, 2.05) is 0 Å². The van der Waals surface area contributed by atoms with Crippen LogP contribution in [0.1, 0.15) is 92.4 Å². The molecule has 0 heterocycles. The van der Waals surface area contributed by atoms with Crippen molar-refractivity contribution < 1.29 is 5.11 Å². The SMILES string of the molecule is C=C(C)C(/C=C/C(C)C1CCC2C3CC=C4C[C@@H](O)CCC4(C)C3CCC12C)CC. The summed E-state index contributed by atoms with van der Waals surface area (Å²) < 4.78 is 0. The summed E-state index contributed by atoms with van der Waals surface area (Å²) in [4.78, 5) is 0. The maximum absolute atomic E-state index is 10.2. The standard InChI is InChI=1S/C29H46O/c1-7-21(19(2)3)9-8-20(4)25-12-13-26-24-11-10-22-18-23(30)14-16-28(22,5)27(24)15-17-29(25,26)6/h8-10,20-21,23-27,30H,2,7,11-18H2,1,3-6H3/b9-8+/t20?,21?,23-,24?,25?,26?,27?,28?,29?/m0/s1. The van der Waals surface area contributed by atoms with E-state index >= 15 is 0 Å². The Labute approximate surface area is 186 Å². The van der Waals surface area contributed by atoms with Crippen molar-refractivity contribution in [2.24, 2.45) is 46.3 Å². The van der Waals surface area contributed by atoms with Gasteiger partial charge in [0.15, 0.2) is 0 Å². The molecule has 4 rings (SSSR count). The van der Waals surface area contributed by atoms with E-state index < -0.39 is 0 Å². The number of rotatable bonds is 5. The molecule has 4 aliphatic carbocycles. The fraction of sp³-hybridized carbons (Fsp3) is 0.793. The number of fused-ring (bicyclic) bond motifs is 5. The molecule has 0 bridgehead atoms. The normalized spacial score (nSPS) is 45.3. The van der Waals surface area contributed by atoms with E-state index in [0.717, 1.165) is 42.9 Å². The van der Waals surface area contributed by atoms with Crippen molar-refractivity contribution in [3.8, 4) is 0 Å². The van der Waals surface area contributed by atoms with Gasteiger partial charge >= 0.3 is 0 Å². The van der Waals surface area contributed by atoms with E-state index in [-0.39, 0.29) is 6.10 Å². The Bertz CT molecular complexity index is 716. The Morgan fingerprint density at radius 2 is 1.93 bits per heavy atom. The zero-order valence-electron chi connectivity index (χ0n) is 20.3. The molecule has 1 heteroatoms. The molecular weight excluding hydrogens is 364 g/mol. The number of aliphatic hydroxyl groups is 1. The van der Waals surface area contributed by atoms with Gasteiger partial charge in [0.1, 0.15) is 0 Å². The highest BCUT2D eigenvalue weighted by Crippen LogP contribution is 2.67. The minimum atomic E-state index is -0.0932. The van der Waals surface area contributed by atoms with E-state index in [1.54, 1.807) is 5.57 Å². The molecule has 3 fully saturated rings. The molecule has 8 unspecified atom stereocenters. The van der Waals surface area contributed by atoms with Crippen LogP contribution in [0.5, 0.6) is 0 Å². The lowest BCUT2D eigenvalue weighted by Gasteiger charge is -2.58. The van der Waals surface area contributed by atoms with Crippen molar-refractivity contribution in [3.63, 3.8) is 0 Å². The van der Waals surface area contributed by atoms with Crippen LogP contribution in [-0.2, 0) is 0 Å². The fourth-order valence-electron chi connectivity index (χ4n) is 8.64. The van der Waals surface area contributed by atoms with Crippen LogP contribution in [0.4, 0.5) is 0 Å². The molecular formula is C29H46O. The van der Waals surface area contributed by atoms with E-state index in [0.29, 0.717) is 22.7 Å². The van der Waals surface area contributed by atoms with Gasteiger partial charge in [-0.1, -0.05) is 63.6 Å². The lowest BCUT2D eigenvalue weighted by Crippen LogP contribution is -2.50. The lowest BCUT2D eigenvalue weighted by atomic mass is 9.47. The number of aliphatic hydroxyl groups excluding tert-OH is 1. The van der Waals surface area contributed by atoms with Crippen molar-refractivity contribution >= 4 is 0 Å². The molecule has 0 aromatic rings. The number of hydrogen-bond donors (Lipinski definition) is 1. The van der Waals surface area contributed by atoms with Gasteiger partial charge in [-0.3, -0.25) is 0 Å². The highest BCUT2D eigenvalue weighted by molar-refractivity contribution is 5.25. The molecule has 0 radical (unpaired) electrons. The summed E-state index contributed by atoms with van der Waals surface area (Å²) in [5.41, 5.74) is 3.77. The quantitative estimate of drug-likeness (QED) is 0.460. The Hall–Kier alpha value is -0.820. The second kappa shape index (κ2) is 8.27. The predicted octanol–water partition coefficient (Wildman–Crippen LogP) is 7.72. The second-order valence-electron chi connectivity index (χ2n) is 12.0. The fourth-order valence-corrected chi connectivity index (χ4v) is 8.64. The van der Waals surface area contributed by atoms with Gasteiger partial charge in [0.25, 0.3) is 0 Å². The van der Waals surface area contributed by atoms with E-state index in [1.165, 1.54) is 44.1 Å². The minimum Gasteiger partial charge on any atom is -0.393 e. The van der Waals surface area contributed by atoms with Crippen molar-refractivity contribution in [3.05, 3.63) is 36.0 Å². The molecule has 0 aromatic heterocycles. The lowest BCUT2D eigenvalue weighted by molar-refractivity contribution is -0.0540. The Morgan fingerprint density at radius 3 is 2.63 bits per heavy atom. The number of allylic oxidation sites excluding steroid dienone is 4. The van der Waals surface area contributed by atoms with Gasteiger partial charge in [0.2, 0.25) is 0 Å². The summed E-state index contributed by atoms with van der Waals surface area (Å²) in [7, 11) is 0. The summed E-state index contributed by atoms with van der Waals surface area (Å²) in [6.45, 7) is 16.3. The summed E-state index contributed by atoms with van der Waals surface area (Å²) in [5.74, 6) is 4.64. The molecule has 0 spiro atoms. The minimum absolute atomic E-state index is 0.0932. The largest absolute Gasteiger partial charge is 0.393 e. The smallest absolute Gasteiger partial charge is 0.0577 e. The molecule has 0 aliphatic heterocycles. The molecule has 0 aromatic carbocycles. The van der Waals surface area contributed by atoms with E-state index in [2.05, 4.69) is 59.4 Å². The first kappa shape index (κ1) is 22.4. The van der Waals surface area contributed by atoms with Gasteiger partial charge < -0.3 is 5.11 Å². The molecule has 4 aliphatic rings.